The first kappa shape index (κ1) is 17.0. The maximum Gasteiger partial charge on any atom is -0.00217 e. The molecule has 0 amide bonds. The number of rotatable bonds is 8. The molecule has 0 N–H and O–H groups in total. The Morgan fingerprint density at radius 2 is 1.09 bits per heavy atom. The zero-order valence-electron chi connectivity index (χ0n) is 14.6. The van der Waals surface area contributed by atoms with E-state index in [-0.39, 0.29) is 0 Å². The summed E-state index contributed by atoms with van der Waals surface area (Å²) in [7, 11) is 8.60. The SMILES string of the molecule is CN(C)CCCc1cc2ccccc2cc1CCCN(C)C. The van der Waals surface area contributed by atoms with Gasteiger partial charge in [-0.25, -0.2) is 0 Å². The molecule has 0 spiro atoms. The lowest BCUT2D eigenvalue weighted by Crippen LogP contribution is -2.15. The minimum Gasteiger partial charge on any atom is -0.309 e. The highest BCUT2D eigenvalue weighted by Gasteiger charge is 2.06. The second kappa shape index (κ2) is 8.30. The van der Waals surface area contributed by atoms with Gasteiger partial charge in [0.2, 0.25) is 0 Å². The largest absolute Gasteiger partial charge is 0.309 e. The van der Waals surface area contributed by atoms with Gasteiger partial charge in [-0.3, -0.25) is 0 Å². The highest BCUT2D eigenvalue weighted by atomic mass is 15.0. The molecule has 0 heterocycles. The first-order chi connectivity index (χ1) is 10.6. The van der Waals surface area contributed by atoms with Crippen molar-refractivity contribution in [2.75, 3.05) is 41.3 Å². The number of hydrogen-bond donors (Lipinski definition) is 0. The van der Waals surface area contributed by atoms with Crippen LogP contribution < -0.4 is 0 Å². The average Bonchev–Trinajstić information content (AvgIpc) is 2.46. The first-order valence-electron chi connectivity index (χ1n) is 8.36. The second-order valence-corrected chi connectivity index (χ2v) is 6.78. The van der Waals surface area contributed by atoms with Crippen molar-refractivity contribution in [3.8, 4) is 0 Å². The third-order valence-electron chi connectivity index (χ3n) is 4.17. The summed E-state index contributed by atoms with van der Waals surface area (Å²) in [5, 5.41) is 2.75. The van der Waals surface area contributed by atoms with Crippen LogP contribution in [0.15, 0.2) is 36.4 Å². The Morgan fingerprint density at radius 3 is 1.45 bits per heavy atom. The fourth-order valence-electron chi connectivity index (χ4n) is 2.97. The van der Waals surface area contributed by atoms with E-state index in [1.165, 1.54) is 36.5 Å². The van der Waals surface area contributed by atoms with Gasteiger partial charge in [-0.1, -0.05) is 36.4 Å². The van der Waals surface area contributed by atoms with E-state index in [1.807, 2.05) is 0 Å². The molecule has 0 radical (unpaired) electrons. The van der Waals surface area contributed by atoms with Crippen molar-refractivity contribution in [1.82, 2.24) is 9.80 Å². The maximum absolute atomic E-state index is 2.41. The highest BCUT2D eigenvalue weighted by molar-refractivity contribution is 5.84. The van der Waals surface area contributed by atoms with Gasteiger partial charge in [0, 0.05) is 0 Å². The van der Waals surface area contributed by atoms with Gasteiger partial charge in [-0.05, 0) is 88.9 Å². The summed E-state index contributed by atoms with van der Waals surface area (Å²) in [4.78, 5) is 4.54. The molecule has 0 bridgehead atoms. The van der Waals surface area contributed by atoms with Gasteiger partial charge in [0.05, 0.1) is 0 Å². The van der Waals surface area contributed by atoms with Crippen LogP contribution in [0.1, 0.15) is 24.0 Å². The van der Waals surface area contributed by atoms with Crippen LogP contribution in [-0.4, -0.2) is 51.1 Å². The van der Waals surface area contributed by atoms with Gasteiger partial charge in [0.15, 0.2) is 0 Å². The summed E-state index contributed by atoms with van der Waals surface area (Å²) >= 11 is 0. The molecule has 0 aliphatic rings. The minimum atomic E-state index is 1.16. The Balaban J connectivity index is 2.16. The van der Waals surface area contributed by atoms with Crippen LogP contribution in [-0.2, 0) is 12.8 Å². The van der Waals surface area contributed by atoms with Crippen molar-refractivity contribution < 1.29 is 0 Å². The van der Waals surface area contributed by atoms with Gasteiger partial charge in [0.1, 0.15) is 0 Å². The summed E-state index contributed by atoms with van der Waals surface area (Å²) in [6.07, 6.45) is 4.82. The third kappa shape index (κ3) is 5.11. The monoisotopic (exact) mass is 298 g/mol. The molecule has 2 nitrogen and oxygen atoms in total. The zero-order valence-corrected chi connectivity index (χ0v) is 14.6. The summed E-state index contributed by atoms with van der Waals surface area (Å²) in [6, 6.07) is 13.6. The van der Waals surface area contributed by atoms with Crippen molar-refractivity contribution in [2.24, 2.45) is 0 Å². The number of fused-ring (bicyclic) bond motifs is 1. The summed E-state index contributed by atoms with van der Waals surface area (Å²) < 4.78 is 0. The second-order valence-electron chi connectivity index (χ2n) is 6.78. The van der Waals surface area contributed by atoms with E-state index in [2.05, 4.69) is 74.4 Å². The molecular formula is C20H30N2. The lowest BCUT2D eigenvalue weighted by atomic mass is 9.95. The Morgan fingerprint density at radius 1 is 0.682 bits per heavy atom. The Labute approximate surface area is 135 Å². The van der Waals surface area contributed by atoms with Gasteiger partial charge in [-0.15, -0.1) is 0 Å². The number of nitrogens with zero attached hydrogens (tertiary/aromatic N) is 2. The van der Waals surface area contributed by atoms with Gasteiger partial charge in [-0.2, -0.15) is 0 Å². The van der Waals surface area contributed by atoms with Gasteiger partial charge in [0.25, 0.3) is 0 Å². The summed E-state index contributed by atoms with van der Waals surface area (Å²) in [6.45, 7) is 2.31. The Bertz CT molecular complexity index is 535. The van der Waals surface area contributed by atoms with Gasteiger partial charge >= 0.3 is 0 Å². The van der Waals surface area contributed by atoms with E-state index in [4.69, 9.17) is 0 Å². The van der Waals surface area contributed by atoms with Crippen molar-refractivity contribution in [2.45, 2.75) is 25.7 Å². The Kier molecular flexibility index (Phi) is 6.41. The van der Waals surface area contributed by atoms with E-state index < -0.39 is 0 Å². The molecule has 2 aromatic rings. The molecule has 0 atom stereocenters. The van der Waals surface area contributed by atoms with Gasteiger partial charge < -0.3 is 9.80 Å². The maximum atomic E-state index is 2.41. The summed E-state index contributed by atoms with van der Waals surface area (Å²) in [5.41, 5.74) is 3.08. The normalized spacial score (nSPS) is 11.7. The van der Waals surface area contributed by atoms with Crippen LogP contribution in [0.3, 0.4) is 0 Å². The molecule has 120 valence electrons. The smallest absolute Gasteiger partial charge is 0.00217 e. The predicted molar refractivity (Wildman–Crippen MR) is 97.7 cm³/mol. The predicted octanol–water partition coefficient (Wildman–Crippen LogP) is 3.83. The van der Waals surface area contributed by atoms with E-state index >= 15 is 0 Å². The molecule has 0 aromatic heterocycles. The topological polar surface area (TPSA) is 6.48 Å². The fourth-order valence-corrected chi connectivity index (χ4v) is 2.97. The standard InChI is InChI=1S/C20H30N2/c1-21(2)13-7-11-19-15-17-9-5-6-10-18(17)16-20(19)12-8-14-22(3)4/h5-6,9-10,15-16H,7-8,11-14H2,1-4H3. The number of benzene rings is 2. The van der Waals surface area contributed by atoms with Crippen molar-refractivity contribution >= 4 is 10.8 Å². The highest BCUT2D eigenvalue weighted by Crippen LogP contribution is 2.22. The molecule has 0 fully saturated rings. The molecular weight excluding hydrogens is 268 g/mol. The van der Waals surface area contributed by atoms with E-state index in [0.29, 0.717) is 0 Å². The zero-order chi connectivity index (χ0) is 15.9. The molecule has 0 aliphatic heterocycles. The first-order valence-corrected chi connectivity index (χ1v) is 8.36. The van der Waals surface area contributed by atoms with Crippen molar-refractivity contribution in [3.63, 3.8) is 0 Å². The van der Waals surface area contributed by atoms with E-state index in [0.717, 1.165) is 13.1 Å². The molecule has 0 aliphatic carbocycles. The number of aryl methyl sites for hydroxylation is 2. The molecule has 2 heteroatoms. The molecule has 2 rings (SSSR count). The van der Waals surface area contributed by atoms with E-state index in [9.17, 15) is 0 Å². The van der Waals surface area contributed by atoms with Crippen LogP contribution in [0.2, 0.25) is 0 Å². The quantitative estimate of drug-likeness (QED) is 0.731. The Hall–Kier alpha value is -1.38. The van der Waals surface area contributed by atoms with Crippen LogP contribution in [0, 0.1) is 0 Å². The molecule has 22 heavy (non-hydrogen) atoms. The minimum absolute atomic E-state index is 1.16. The third-order valence-corrected chi connectivity index (χ3v) is 4.17. The van der Waals surface area contributed by atoms with Crippen LogP contribution in [0.5, 0.6) is 0 Å². The van der Waals surface area contributed by atoms with E-state index in [1.54, 1.807) is 11.1 Å². The molecule has 2 aromatic carbocycles. The van der Waals surface area contributed by atoms with Crippen LogP contribution in [0.25, 0.3) is 10.8 Å². The molecule has 0 saturated heterocycles. The van der Waals surface area contributed by atoms with Crippen molar-refractivity contribution in [1.29, 1.82) is 0 Å². The summed E-state index contributed by atoms with van der Waals surface area (Å²) in [5.74, 6) is 0. The lowest BCUT2D eigenvalue weighted by molar-refractivity contribution is 0.397. The molecule has 0 saturated carbocycles. The van der Waals surface area contributed by atoms with Crippen LogP contribution in [0.4, 0.5) is 0 Å². The average molecular weight is 298 g/mol. The fraction of sp³-hybridized carbons (Fsp3) is 0.500. The molecule has 0 unspecified atom stereocenters. The van der Waals surface area contributed by atoms with Crippen molar-refractivity contribution in [3.05, 3.63) is 47.5 Å². The van der Waals surface area contributed by atoms with Crippen LogP contribution >= 0.6 is 0 Å². The lowest BCUT2D eigenvalue weighted by Gasteiger charge is -2.15. The number of hydrogen-bond acceptors (Lipinski definition) is 2.